The van der Waals surface area contributed by atoms with Crippen molar-refractivity contribution in [3.8, 4) is 0 Å². The number of nitrogens with one attached hydrogen (secondary N) is 1. The molecule has 1 fully saturated rings. The highest BCUT2D eigenvalue weighted by molar-refractivity contribution is 4.96. The van der Waals surface area contributed by atoms with Gasteiger partial charge in [0.25, 0.3) is 0 Å². The average molecular weight is 196 g/mol. The smallest absolute Gasteiger partial charge is 0.0945 e. The SMILES string of the molecule is Cn1cncc1CNN1CCOCC1. The number of ether oxygens (including phenoxy) is 1. The first-order valence-corrected chi connectivity index (χ1v) is 4.87. The lowest BCUT2D eigenvalue weighted by atomic mass is 10.4. The van der Waals surface area contributed by atoms with Crippen LogP contribution in [0.1, 0.15) is 5.69 Å². The van der Waals surface area contributed by atoms with E-state index in [-0.39, 0.29) is 0 Å². The Morgan fingerprint density at radius 3 is 2.93 bits per heavy atom. The summed E-state index contributed by atoms with van der Waals surface area (Å²) in [6, 6.07) is 0. The summed E-state index contributed by atoms with van der Waals surface area (Å²) in [7, 11) is 2.00. The van der Waals surface area contributed by atoms with E-state index < -0.39 is 0 Å². The monoisotopic (exact) mass is 196 g/mol. The summed E-state index contributed by atoms with van der Waals surface area (Å²) in [6.45, 7) is 4.38. The minimum atomic E-state index is 0.818. The Kier molecular flexibility index (Phi) is 3.13. The van der Waals surface area contributed by atoms with Gasteiger partial charge in [0, 0.05) is 26.3 Å². The molecule has 2 rings (SSSR count). The van der Waals surface area contributed by atoms with Crippen LogP contribution in [-0.4, -0.2) is 40.9 Å². The number of hydrazine groups is 1. The maximum absolute atomic E-state index is 5.26. The van der Waals surface area contributed by atoms with Crippen LogP contribution in [0.25, 0.3) is 0 Å². The summed E-state index contributed by atoms with van der Waals surface area (Å²) in [4.78, 5) is 4.07. The molecule has 0 saturated carbocycles. The molecule has 5 nitrogen and oxygen atoms in total. The third-order valence-corrected chi connectivity index (χ3v) is 2.41. The van der Waals surface area contributed by atoms with Crippen LogP contribution >= 0.6 is 0 Å². The van der Waals surface area contributed by atoms with Crippen LogP contribution < -0.4 is 5.43 Å². The van der Waals surface area contributed by atoms with Crippen molar-refractivity contribution < 1.29 is 4.74 Å². The first-order chi connectivity index (χ1) is 6.86. The highest BCUT2D eigenvalue weighted by atomic mass is 16.5. The predicted molar refractivity (Wildman–Crippen MR) is 52.4 cm³/mol. The molecule has 0 aliphatic carbocycles. The average Bonchev–Trinajstić information content (AvgIpc) is 2.63. The van der Waals surface area contributed by atoms with E-state index in [2.05, 4.69) is 15.4 Å². The lowest BCUT2D eigenvalue weighted by Crippen LogP contribution is -2.45. The predicted octanol–water partition coefficient (Wildman–Crippen LogP) is -0.243. The van der Waals surface area contributed by atoms with Crippen LogP contribution in [0.3, 0.4) is 0 Å². The highest BCUT2D eigenvalue weighted by Crippen LogP contribution is 1.98. The van der Waals surface area contributed by atoms with Gasteiger partial charge in [-0.05, 0) is 0 Å². The van der Waals surface area contributed by atoms with Gasteiger partial charge in [0.15, 0.2) is 0 Å². The summed E-state index contributed by atoms with van der Waals surface area (Å²) >= 11 is 0. The number of morpholine rings is 1. The Morgan fingerprint density at radius 2 is 2.29 bits per heavy atom. The van der Waals surface area contributed by atoms with Crippen LogP contribution in [0.2, 0.25) is 0 Å². The van der Waals surface area contributed by atoms with Gasteiger partial charge >= 0.3 is 0 Å². The Balaban J connectivity index is 1.79. The third-order valence-electron chi connectivity index (χ3n) is 2.41. The molecule has 1 aromatic rings. The molecule has 0 radical (unpaired) electrons. The zero-order valence-corrected chi connectivity index (χ0v) is 8.44. The van der Waals surface area contributed by atoms with Gasteiger partial charge in [-0.15, -0.1) is 0 Å². The molecule has 0 bridgehead atoms. The first kappa shape index (κ1) is 9.64. The fraction of sp³-hybridized carbons (Fsp3) is 0.667. The van der Waals surface area contributed by atoms with E-state index >= 15 is 0 Å². The minimum Gasteiger partial charge on any atom is -0.379 e. The molecule has 1 N–H and O–H groups in total. The fourth-order valence-corrected chi connectivity index (χ4v) is 1.47. The van der Waals surface area contributed by atoms with Crippen molar-refractivity contribution >= 4 is 0 Å². The molecule has 0 atom stereocenters. The van der Waals surface area contributed by atoms with Crippen LogP contribution in [0, 0.1) is 0 Å². The van der Waals surface area contributed by atoms with E-state index in [1.54, 1.807) is 0 Å². The van der Waals surface area contributed by atoms with Gasteiger partial charge in [-0.3, -0.25) is 0 Å². The number of aromatic nitrogens is 2. The minimum absolute atomic E-state index is 0.818. The normalized spacial score (nSPS) is 18.6. The molecule has 1 aliphatic rings. The number of aryl methyl sites for hydroxylation is 1. The Labute approximate surface area is 83.6 Å². The van der Waals surface area contributed by atoms with Crippen LogP contribution in [0.4, 0.5) is 0 Å². The molecule has 0 spiro atoms. The van der Waals surface area contributed by atoms with Crippen molar-refractivity contribution in [3.63, 3.8) is 0 Å². The zero-order valence-electron chi connectivity index (χ0n) is 8.44. The Hall–Kier alpha value is -0.910. The summed E-state index contributed by atoms with van der Waals surface area (Å²) in [5, 5.41) is 2.19. The molecule has 14 heavy (non-hydrogen) atoms. The summed E-state index contributed by atoms with van der Waals surface area (Å²) < 4.78 is 7.28. The second kappa shape index (κ2) is 4.54. The van der Waals surface area contributed by atoms with E-state index in [1.807, 2.05) is 24.1 Å². The molecule has 2 heterocycles. The maximum Gasteiger partial charge on any atom is 0.0945 e. The number of imidazole rings is 1. The Morgan fingerprint density at radius 1 is 1.50 bits per heavy atom. The van der Waals surface area contributed by atoms with Crippen LogP contribution in [-0.2, 0) is 18.3 Å². The van der Waals surface area contributed by atoms with E-state index in [1.165, 1.54) is 5.69 Å². The van der Waals surface area contributed by atoms with Crippen LogP contribution in [0.15, 0.2) is 12.5 Å². The van der Waals surface area contributed by atoms with Crippen molar-refractivity contribution in [2.45, 2.75) is 6.54 Å². The van der Waals surface area contributed by atoms with Crippen molar-refractivity contribution in [1.82, 2.24) is 20.0 Å². The summed E-state index contributed by atoms with van der Waals surface area (Å²) in [6.07, 6.45) is 3.70. The number of rotatable bonds is 3. The van der Waals surface area contributed by atoms with E-state index in [9.17, 15) is 0 Å². The van der Waals surface area contributed by atoms with Gasteiger partial charge in [-0.2, -0.15) is 0 Å². The lowest BCUT2D eigenvalue weighted by Gasteiger charge is -2.27. The second-order valence-electron chi connectivity index (χ2n) is 3.43. The quantitative estimate of drug-likeness (QED) is 0.724. The van der Waals surface area contributed by atoms with Crippen LogP contribution in [0.5, 0.6) is 0 Å². The Bertz CT molecular complexity index is 280. The first-order valence-electron chi connectivity index (χ1n) is 4.87. The maximum atomic E-state index is 5.26. The standard InChI is InChI=1S/C9H16N4O/c1-12-8-10-6-9(12)7-11-13-2-4-14-5-3-13/h6,8,11H,2-5,7H2,1H3. The van der Waals surface area contributed by atoms with E-state index in [0.29, 0.717) is 0 Å². The summed E-state index contributed by atoms with van der Waals surface area (Å²) in [5.74, 6) is 0. The molecule has 5 heteroatoms. The van der Waals surface area contributed by atoms with Gasteiger partial charge < -0.3 is 9.30 Å². The number of hydrogen-bond donors (Lipinski definition) is 1. The van der Waals surface area contributed by atoms with E-state index in [0.717, 1.165) is 32.8 Å². The molecular formula is C9H16N4O. The summed E-state index contributed by atoms with van der Waals surface area (Å²) in [5.41, 5.74) is 4.55. The number of nitrogens with zero attached hydrogens (tertiary/aromatic N) is 3. The molecule has 1 aliphatic heterocycles. The zero-order chi connectivity index (χ0) is 9.80. The molecule has 78 valence electrons. The molecule has 0 aromatic carbocycles. The molecule has 1 saturated heterocycles. The number of hydrogen-bond acceptors (Lipinski definition) is 4. The van der Waals surface area contributed by atoms with E-state index in [4.69, 9.17) is 4.74 Å². The molecular weight excluding hydrogens is 180 g/mol. The van der Waals surface area contributed by atoms with Gasteiger partial charge in [0.2, 0.25) is 0 Å². The van der Waals surface area contributed by atoms with Crippen molar-refractivity contribution in [3.05, 3.63) is 18.2 Å². The van der Waals surface area contributed by atoms with Gasteiger partial charge in [0.05, 0.1) is 31.8 Å². The fourth-order valence-electron chi connectivity index (χ4n) is 1.47. The van der Waals surface area contributed by atoms with Crippen molar-refractivity contribution in [2.75, 3.05) is 26.3 Å². The van der Waals surface area contributed by atoms with Crippen molar-refractivity contribution in [2.24, 2.45) is 7.05 Å². The largest absolute Gasteiger partial charge is 0.379 e. The molecule has 0 amide bonds. The van der Waals surface area contributed by atoms with Gasteiger partial charge in [0.1, 0.15) is 0 Å². The topological polar surface area (TPSA) is 42.3 Å². The lowest BCUT2D eigenvalue weighted by molar-refractivity contribution is 0.0102. The second-order valence-corrected chi connectivity index (χ2v) is 3.43. The molecule has 0 unspecified atom stereocenters. The van der Waals surface area contributed by atoms with Gasteiger partial charge in [-0.1, -0.05) is 0 Å². The van der Waals surface area contributed by atoms with Gasteiger partial charge in [-0.25, -0.2) is 15.4 Å². The highest BCUT2D eigenvalue weighted by Gasteiger charge is 2.09. The van der Waals surface area contributed by atoms with Crippen molar-refractivity contribution in [1.29, 1.82) is 0 Å². The molecule has 1 aromatic heterocycles. The third kappa shape index (κ3) is 2.31.